The van der Waals surface area contributed by atoms with Crippen LogP contribution in [0.15, 0.2) is 70.0 Å². The summed E-state index contributed by atoms with van der Waals surface area (Å²) in [5, 5.41) is 12.9. The number of hydrogen-bond donors (Lipinski definition) is 2. The minimum atomic E-state index is -1.08. The summed E-state index contributed by atoms with van der Waals surface area (Å²) in [6.07, 6.45) is 6.26. The van der Waals surface area contributed by atoms with Gasteiger partial charge in [-0.2, -0.15) is 0 Å². The molecule has 2 N–H and O–H groups in total. The lowest BCUT2D eigenvalue weighted by molar-refractivity contribution is -0.129. The maximum Gasteiger partial charge on any atom is 0.337 e. The molecule has 1 saturated heterocycles. The molecule has 3 aromatic rings. The Hall–Kier alpha value is -3.16. The molecule has 1 amide bonds. The number of benzene rings is 2. The Morgan fingerprint density at radius 2 is 1.92 bits per heavy atom. The Morgan fingerprint density at radius 3 is 2.64 bits per heavy atom. The Morgan fingerprint density at radius 1 is 1.14 bits per heavy atom. The number of nitrogens with one attached hydrogen (secondary N) is 1. The van der Waals surface area contributed by atoms with Crippen molar-refractivity contribution in [2.75, 3.05) is 5.32 Å². The highest BCUT2D eigenvalue weighted by Gasteiger charge is 2.43. The summed E-state index contributed by atoms with van der Waals surface area (Å²) < 4.78 is 6.00. The molecule has 8 heteroatoms. The first kappa shape index (κ1) is 24.5. The number of hydrogen-bond acceptors (Lipinski definition) is 5. The molecule has 2 fully saturated rings. The van der Waals surface area contributed by atoms with Gasteiger partial charge in [-0.1, -0.05) is 67.4 Å². The van der Waals surface area contributed by atoms with E-state index < -0.39 is 5.97 Å². The van der Waals surface area contributed by atoms with Crippen molar-refractivity contribution in [3.05, 3.63) is 81.9 Å². The molecule has 3 atom stereocenters. The molecule has 2 aliphatic rings. The third-order valence-electron chi connectivity index (χ3n) is 6.81. The lowest BCUT2D eigenvalue weighted by atomic mass is 9.85. The van der Waals surface area contributed by atoms with Crippen LogP contribution in [0.2, 0.25) is 5.02 Å². The van der Waals surface area contributed by atoms with E-state index in [9.17, 15) is 14.7 Å². The van der Waals surface area contributed by atoms with Crippen LogP contribution >= 0.6 is 23.4 Å². The van der Waals surface area contributed by atoms with Gasteiger partial charge in [0.2, 0.25) is 0 Å². The summed E-state index contributed by atoms with van der Waals surface area (Å²) in [4.78, 5) is 27.5. The number of thioether (sulfide) groups is 1. The Bertz CT molecular complexity index is 1310. The minimum absolute atomic E-state index is 0.0130. The monoisotopic (exact) mass is 522 g/mol. The molecule has 1 saturated carbocycles. The number of halogens is 1. The van der Waals surface area contributed by atoms with Crippen LogP contribution in [0, 0.1) is 5.92 Å². The van der Waals surface area contributed by atoms with Crippen molar-refractivity contribution in [3.8, 4) is 11.3 Å². The quantitative estimate of drug-likeness (QED) is 0.333. The van der Waals surface area contributed by atoms with E-state index in [4.69, 9.17) is 16.0 Å². The molecule has 2 heterocycles. The Labute approximate surface area is 219 Å². The fourth-order valence-electron chi connectivity index (χ4n) is 4.92. The van der Waals surface area contributed by atoms with Crippen molar-refractivity contribution >= 4 is 47.0 Å². The number of anilines is 1. The first-order chi connectivity index (χ1) is 17.4. The first-order valence-corrected chi connectivity index (χ1v) is 13.3. The van der Waals surface area contributed by atoms with Gasteiger partial charge >= 0.3 is 5.97 Å². The maximum absolute atomic E-state index is 13.7. The lowest BCUT2D eigenvalue weighted by Crippen LogP contribution is -2.48. The normalized spacial score (nSPS) is 23.3. The van der Waals surface area contributed by atoms with Gasteiger partial charge in [0.15, 0.2) is 5.50 Å². The van der Waals surface area contributed by atoms with E-state index in [0.29, 0.717) is 27.9 Å². The van der Waals surface area contributed by atoms with Gasteiger partial charge in [-0.3, -0.25) is 4.79 Å². The zero-order chi connectivity index (χ0) is 25.2. The highest BCUT2D eigenvalue weighted by Crippen LogP contribution is 2.42. The molecule has 2 aromatic carbocycles. The summed E-state index contributed by atoms with van der Waals surface area (Å²) in [7, 11) is 0. The molecule has 1 aliphatic carbocycles. The molecule has 1 aromatic heterocycles. The van der Waals surface area contributed by atoms with Crippen LogP contribution in [0.3, 0.4) is 0 Å². The molecule has 1 aliphatic heterocycles. The van der Waals surface area contributed by atoms with Crippen molar-refractivity contribution in [2.24, 2.45) is 5.92 Å². The number of nitrogens with zero attached hydrogens (tertiary/aromatic N) is 1. The van der Waals surface area contributed by atoms with Gasteiger partial charge in [-0.15, -0.1) is 0 Å². The molecule has 0 radical (unpaired) electrons. The number of aromatic carboxylic acids is 1. The van der Waals surface area contributed by atoms with Gasteiger partial charge in [0.05, 0.1) is 15.5 Å². The standard InChI is InChI=1S/C28H27ClN2O4S/c1-17-7-5-6-10-23(17)31-26(32)25(36-28(31)30-19-8-3-2-4-9-19)16-20-12-14-24(35-20)18-11-13-21(27(33)34)22(29)15-18/h2-4,8-9,11-17,23,28,30H,5-7,10H2,1H3,(H,33,34)/b25-16-/t17-,23+,28?/m1/s1. The molecule has 0 bridgehead atoms. The van der Waals surface area contributed by atoms with E-state index in [1.807, 2.05) is 35.2 Å². The minimum Gasteiger partial charge on any atom is -0.478 e. The van der Waals surface area contributed by atoms with Crippen molar-refractivity contribution in [1.82, 2.24) is 4.90 Å². The number of carboxylic acid groups (broad SMARTS) is 1. The zero-order valence-corrected chi connectivity index (χ0v) is 21.4. The summed E-state index contributed by atoms with van der Waals surface area (Å²) in [6.45, 7) is 2.24. The van der Waals surface area contributed by atoms with E-state index in [1.54, 1.807) is 30.3 Å². The first-order valence-electron chi connectivity index (χ1n) is 12.1. The number of amides is 1. The van der Waals surface area contributed by atoms with E-state index in [1.165, 1.54) is 24.2 Å². The average Bonchev–Trinajstić information content (AvgIpc) is 3.45. The topological polar surface area (TPSA) is 82.8 Å². The molecule has 186 valence electrons. The number of carbonyl (C=O) groups excluding carboxylic acids is 1. The van der Waals surface area contributed by atoms with E-state index in [0.717, 1.165) is 24.9 Å². The molecule has 5 rings (SSSR count). The van der Waals surface area contributed by atoms with Gasteiger partial charge in [0.25, 0.3) is 5.91 Å². The predicted octanol–water partition coefficient (Wildman–Crippen LogP) is 7.19. The van der Waals surface area contributed by atoms with Gasteiger partial charge in [-0.05, 0) is 55.2 Å². The largest absolute Gasteiger partial charge is 0.478 e. The summed E-state index contributed by atoms with van der Waals surface area (Å²) in [5.74, 6) is 0.475. The highest BCUT2D eigenvalue weighted by molar-refractivity contribution is 8.05. The molecule has 1 unspecified atom stereocenters. The van der Waals surface area contributed by atoms with Crippen molar-refractivity contribution in [3.63, 3.8) is 0 Å². The van der Waals surface area contributed by atoms with Crippen LogP contribution < -0.4 is 5.32 Å². The zero-order valence-electron chi connectivity index (χ0n) is 19.8. The smallest absolute Gasteiger partial charge is 0.337 e. The van der Waals surface area contributed by atoms with Crippen molar-refractivity contribution < 1.29 is 19.1 Å². The molecule has 6 nitrogen and oxygen atoms in total. The van der Waals surface area contributed by atoms with Gasteiger partial charge in [0.1, 0.15) is 11.5 Å². The third-order valence-corrected chi connectivity index (χ3v) is 8.24. The van der Waals surface area contributed by atoms with Crippen LogP contribution in [0.25, 0.3) is 17.4 Å². The van der Waals surface area contributed by atoms with E-state index in [-0.39, 0.29) is 28.0 Å². The molecular formula is C28H27ClN2O4S. The van der Waals surface area contributed by atoms with Crippen LogP contribution in [0.5, 0.6) is 0 Å². The number of para-hydroxylation sites is 1. The van der Waals surface area contributed by atoms with Crippen LogP contribution in [0.1, 0.15) is 48.7 Å². The average molecular weight is 523 g/mol. The summed E-state index contributed by atoms with van der Waals surface area (Å²) in [5.41, 5.74) is 1.48. The second kappa shape index (κ2) is 10.4. The Balaban J connectivity index is 1.42. The lowest BCUT2D eigenvalue weighted by Gasteiger charge is -2.39. The second-order valence-electron chi connectivity index (χ2n) is 9.23. The molecular weight excluding hydrogens is 496 g/mol. The van der Waals surface area contributed by atoms with E-state index in [2.05, 4.69) is 12.2 Å². The fourth-order valence-corrected chi connectivity index (χ4v) is 6.38. The number of rotatable bonds is 6. The number of furan rings is 1. The second-order valence-corrected chi connectivity index (χ2v) is 10.8. The van der Waals surface area contributed by atoms with Crippen LogP contribution in [0.4, 0.5) is 5.69 Å². The van der Waals surface area contributed by atoms with Crippen molar-refractivity contribution in [2.45, 2.75) is 44.1 Å². The molecule has 36 heavy (non-hydrogen) atoms. The SMILES string of the molecule is C[C@@H]1CCCC[C@@H]1N1C(=O)/C(=C/c2ccc(-c3ccc(C(=O)O)c(Cl)c3)o2)SC1Nc1ccccc1. The van der Waals surface area contributed by atoms with Crippen LogP contribution in [-0.2, 0) is 4.79 Å². The predicted molar refractivity (Wildman–Crippen MR) is 144 cm³/mol. The van der Waals surface area contributed by atoms with Gasteiger partial charge in [0, 0.05) is 23.4 Å². The van der Waals surface area contributed by atoms with Gasteiger partial charge in [-0.25, -0.2) is 4.79 Å². The van der Waals surface area contributed by atoms with Gasteiger partial charge < -0.3 is 19.7 Å². The summed E-state index contributed by atoms with van der Waals surface area (Å²) in [6, 6.07) is 18.4. The van der Waals surface area contributed by atoms with Crippen LogP contribution in [-0.4, -0.2) is 33.4 Å². The maximum atomic E-state index is 13.7. The fraction of sp³-hybridized carbons (Fsp3) is 0.286. The number of carboxylic acids is 1. The third kappa shape index (κ3) is 5.04. The Kier molecular flexibility index (Phi) is 7.12. The number of carbonyl (C=O) groups is 2. The summed E-state index contributed by atoms with van der Waals surface area (Å²) >= 11 is 7.63. The van der Waals surface area contributed by atoms with Crippen molar-refractivity contribution in [1.29, 1.82) is 0 Å². The molecule has 0 spiro atoms. The van der Waals surface area contributed by atoms with E-state index >= 15 is 0 Å². The highest BCUT2D eigenvalue weighted by atomic mass is 35.5.